The second-order valence-electron chi connectivity index (χ2n) is 4.38. The molecule has 1 aliphatic rings. The first kappa shape index (κ1) is 12.8. The summed E-state index contributed by atoms with van der Waals surface area (Å²) in [6.07, 6.45) is 3.18. The first-order chi connectivity index (χ1) is 8.56. The summed E-state index contributed by atoms with van der Waals surface area (Å²) in [6.45, 7) is 0. The van der Waals surface area contributed by atoms with Crippen molar-refractivity contribution < 1.29 is 14.7 Å². The van der Waals surface area contributed by atoms with Gasteiger partial charge in [-0.15, -0.1) is 0 Å². The lowest BCUT2D eigenvalue weighted by molar-refractivity contribution is -0.141. The molecular formula is C12H13ClN2O3. The maximum absolute atomic E-state index is 11.8. The fraction of sp³-hybridized carbons (Fsp3) is 0.417. The quantitative estimate of drug-likeness (QED) is 0.875. The van der Waals surface area contributed by atoms with Crippen molar-refractivity contribution in [2.45, 2.75) is 25.3 Å². The Morgan fingerprint density at radius 3 is 2.72 bits per heavy atom. The van der Waals surface area contributed by atoms with Crippen molar-refractivity contribution in [2.24, 2.45) is 5.92 Å². The molecule has 1 aliphatic carbocycles. The number of aromatic nitrogens is 1. The zero-order valence-electron chi connectivity index (χ0n) is 9.60. The van der Waals surface area contributed by atoms with Crippen molar-refractivity contribution in [1.82, 2.24) is 10.3 Å². The normalized spacial score (nSPS) is 22.7. The number of nitrogens with one attached hydrogen (secondary N) is 1. The first-order valence-electron chi connectivity index (χ1n) is 5.71. The molecule has 2 atom stereocenters. The SMILES string of the molecule is O=C(NC1CCC(C(=O)O)C1)c1ccc(Cl)cn1. The van der Waals surface area contributed by atoms with Gasteiger partial charge < -0.3 is 10.4 Å². The van der Waals surface area contributed by atoms with Crippen LogP contribution >= 0.6 is 11.6 Å². The Bertz CT molecular complexity index is 461. The first-order valence-corrected chi connectivity index (χ1v) is 6.09. The molecule has 18 heavy (non-hydrogen) atoms. The van der Waals surface area contributed by atoms with Crippen LogP contribution in [0.25, 0.3) is 0 Å². The number of carboxylic acids is 1. The van der Waals surface area contributed by atoms with E-state index in [0.29, 0.717) is 24.3 Å². The summed E-state index contributed by atoms with van der Waals surface area (Å²) in [6, 6.07) is 3.05. The van der Waals surface area contributed by atoms with Crippen LogP contribution in [0, 0.1) is 5.92 Å². The second-order valence-corrected chi connectivity index (χ2v) is 4.82. The standard InChI is InChI=1S/C12H13ClN2O3/c13-8-2-4-10(14-6-8)11(16)15-9-3-1-7(5-9)12(17)18/h2,4,6-7,9H,1,3,5H2,(H,15,16)(H,17,18). The average Bonchev–Trinajstić information content (AvgIpc) is 2.78. The van der Waals surface area contributed by atoms with Crippen LogP contribution in [-0.4, -0.2) is 28.0 Å². The predicted molar refractivity (Wildman–Crippen MR) is 65.5 cm³/mol. The number of rotatable bonds is 3. The fourth-order valence-electron chi connectivity index (χ4n) is 2.11. The third-order valence-electron chi connectivity index (χ3n) is 3.08. The highest BCUT2D eigenvalue weighted by atomic mass is 35.5. The highest BCUT2D eigenvalue weighted by Crippen LogP contribution is 2.25. The molecule has 0 aliphatic heterocycles. The number of aliphatic carboxylic acids is 1. The molecule has 0 saturated heterocycles. The Morgan fingerprint density at radius 2 is 2.17 bits per heavy atom. The molecule has 1 amide bonds. The van der Waals surface area contributed by atoms with Crippen molar-refractivity contribution in [1.29, 1.82) is 0 Å². The minimum atomic E-state index is -0.795. The molecule has 0 bridgehead atoms. The van der Waals surface area contributed by atoms with Crippen LogP contribution in [-0.2, 0) is 4.79 Å². The van der Waals surface area contributed by atoms with Gasteiger partial charge in [-0.3, -0.25) is 9.59 Å². The van der Waals surface area contributed by atoms with Crippen LogP contribution in [0.5, 0.6) is 0 Å². The predicted octanol–water partition coefficient (Wildman–Crippen LogP) is 1.72. The molecule has 1 saturated carbocycles. The largest absolute Gasteiger partial charge is 0.481 e. The third kappa shape index (κ3) is 2.98. The van der Waals surface area contributed by atoms with Crippen LogP contribution in [0.15, 0.2) is 18.3 Å². The number of amides is 1. The van der Waals surface area contributed by atoms with E-state index in [2.05, 4.69) is 10.3 Å². The van der Waals surface area contributed by atoms with Gasteiger partial charge in [0.2, 0.25) is 0 Å². The zero-order valence-corrected chi connectivity index (χ0v) is 10.4. The Morgan fingerprint density at radius 1 is 1.39 bits per heavy atom. The number of nitrogens with zero attached hydrogens (tertiary/aromatic N) is 1. The summed E-state index contributed by atoms with van der Waals surface area (Å²) in [7, 11) is 0. The molecule has 2 unspecified atom stereocenters. The van der Waals surface area contributed by atoms with Crippen LogP contribution in [0.4, 0.5) is 0 Å². The molecule has 5 nitrogen and oxygen atoms in total. The summed E-state index contributed by atoms with van der Waals surface area (Å²) < 4.78 is 0. The molecule has 0 radical (unpaired) electrons. The number of hydrogen-bond donors (Lipinski definition) is 2. The van der Waals surface area contributed by atoms with E-state index in [1.54, 1.807) is 12.1 Å². The van der Waals surface area contributed by atoms with Gasteiger partial charge in [0.05, 0.1) is 10.9 Å². The van der Waals surface area contributed by atoms with Crippen LogP contribution in [0.1, 0.15) is 29.8 Å². The molecule has 1 fully saturated rings. The van der Waals surface area contributed by atoms with Crippen LogP contribution < -0.4 is 5.32 Å². The Kier molecular flexibility index (Phi) is 3.81. The zero-order chi connectivity index (χ0) is 13.1. The second kappa shape index (κ2) is 5.35. The summed E-state index contributed by atoms with van der Waals surface area (Å²) in [5.41, 5.74) is 0.290. The van der Waals surface area contributed by atoms with E-state index < -0.39 is 5.97 Å². The van der Waals surface area contributed by atoms with Crippen LogP contribution in [0.3, 0.4) is 0 Å². The molecule has 1 heterocycles. The van der Waals surface area contributed by atoms with E-state index in [-0.39, 0.29) is 23.6 Å². The highest BCUT2D eigenvalue weighted by molar-refractivity contribution is 6.30. The van der Waals surface area contributed by atoms with Gasteiger partial charge in [-0.25, -0.2) is 4.98 Å². The van der Waals surface area contributed by atoms with Gasteiger partial charge in [-0.1, -0.05) is 11.6 Å². The lowest BCUT2D eigenvalue weighted by Gasteiger charge is -2.11. The Labute approximate surface area is 109 Å². The lowest BCUT2D eigenvalue weighted by atomic mass is 10.1. The van der Waals surface area contributed by atoms with Gasteiger partial charge in [0, 0.05) is 12.2 Å². The van der Waals surface area contributed by atoms with Gasteiger partial charge in [0.25, 0.3) is 5.91 Å². The van der Waals surface area contributed by atoms with E-state index in [4.69, 9.17) is 16.7 Å². The van der Waals surface area contributed by atoms with Gasteiger partial charge in [0.1, 0.15) is 5.69 Å². The molecule has 2 N–H and O–H groups in total. The molecule has 0 spiro atoms. The summed E-state index contributed by atoms with van der Waals surface area (Å²) in [5, 5.41) is 12.1. The molecular weight excluding hydrogens is 256 g/mol. The molecule has 1 aromatic heterocycles. The minimum Gasteiger partial charge on any atom is -0.481 e. The van der Waals surface area contributed by atoms with E-state index in [1.165, 1.54) is 6.20 Å². The average molecular weight is 269 g/mol. The monoisotopic (exact) mass is 268 g/mol. The maximum Gasteiger partial charge on any atom is 0.306 e. The third-order valence-corrected chi connectivity index (χ3v) is 3.30. The molecule has 0 aromatic carbocycles. The molecule has 6 heteroatoms. The van der Waals surface area contributed by atoms with Crippen molar-refractivity contribution >= 4 is 23.5 Å². The van der Waals surface area contributed by atoms with Crippen LogP contribution in [0.2, 0.25) is 5.02 Å². The van der Waals surface area contributed by atoms with E-state index in [0.717, 1.165) is 0 Å². The Balaban J connectivity index is 1.92. The van der Waals surface area contributed by atoms with Gasteiger partial charge in [-0.2, -0.15) is 0 Å². The molecule has 1 aromatic rings. The summed E-state index contributed by atoms with van der Waals surface area (Å²) in [4.78, 5) is 26.5. The van der Waals surface area contributed by atoms with E-state index in [1.807, 2.05) is 0 Å². The number of hydrogen-bond acceptors (Lipinski definition) is 3. The number of pyridine rings is 1. The molecule has 96 valence electrons. The number of halogens is 1. The fourth-order valence-corrected chi connectivity index (χ4v) is 2.22. The lowest BCUT2D eigenvalue weighted by Crippen LogP contribution is -2.33. The van der Waals surface area contributed by atoms with Gasteiger partial charge >= 0.3 is 5.97 Å². The topological polar surface area (TPSA) is 79.3 Å². The van der Waals surface area contributed by atoms with Crippen molar-refractivity contribution in [3.63, 3.8) is 0 Å². The van der Waals surface area contributed by atoms with Gasteiger partial charge in [-0.05, 0) is 31.4 Å². The smallest absolute Gasteiger partial charge is 0.306 e. The molecule has 2 rings (SSSR count). The summed E-state index contributed by atoms with van der Waals surface area (Å²) in [5.74, 6) is -1.44. The minimum absolute atomic E-state index is 0.0870. The number of carbonyl (C=O) groups excluding carboxylic acids is 1. The highest BCUT2D eigenvalue weighted by Gasteiger charge is 2.30. The van der Waals surface area contributed by atoms with Gasteiger partial charge in [0.15, 0.2) is 0 Å². The van der Waals surface area contributed by atoms with Crippen molar-refractivity contribution in [3.8, 4) is 0 Å². The van der Waals surface area contributed by atoms with E-state index in [9.17, 15) is 9.59 Å². The van der Waals surface area contributed by atoms with Crippen molar-refractivity contribution in [3.05, 3.63) is 29.0 Å². The maximum atomic E-state index is 11.8. The number of carbonyl (C=O) groups is 2. The summed E-state index contributed by atoms with van der Waals surface area (Å²) >= 11 is 5.68. The number of carboxylic acid groups (broad SMARTS) is 1. The van der Waals surface area contributed by atoms with E-state index >= 15 is 0 Å². The van der Waals surface area contributed by atoms with Crippen molar-refractivity contribution in [2.75, 3.05) is 0 Å². The Hall–Kier alpha value is -1.62.